The van der Waals surface area contributed by atoms with Crippen molar-refractivity contribution in [1.82, 2.24) is 0 Å². The van der Waals surface area contributed by atoms with Gasteiger partial charge in [0.05, 0.1) is 11.4 Å². The van der Waals surface area contributed by atoms with Crippen LogP contribution in [0.2, 0.25) is 0 Å². The van der Waals surface area contributed by atoms with Crippen molar-refractivity contribution in [1.29, 1.82) is 0 Å². The lowest BCUT2D eigenvalue weighted by Gasteiger charge is -2.38. The van der Waals surface area contributed by atoms with Crippen LogP contribution in [0.4, 0.5) is 40.3 Å². The van der Waals surface area contributed by atoms with E-state index in [9.17, 15) is 17.6 Å². The van der Waals surface area contributed by atoms with E-state index in [0.717, 1.165) is 66.6 Å². The Labute approximate surface area is 323 Å². The third-order valence-electron chi connectivity index (χ3n) is 11.1. The van der Waals surface area contributed by atoms with Crippen molar-refractivity contribution in [2.45, 2.75) is 0 Å². The summed E-state index contributed by atoms with van der Waals surface area (Å²) in [6.07, 6.45) is 0. The normalized spacial score (nSPS) is 14.8. The fraction of sp³-hybridized carbons (Fsp3) is 0.167. The highest BCUT2D eigenvalue weighted by Gasteiger charge is 2.23. The number of anilines is 4. The van der Waals surface area contributed by atoms with Crippen molar-refractivity contribution in [2.75, 3.05) is 72.0 Å². The van der Waals surface area contributed by atoms with E-state index in [0.29, 0.717) is 63.7 Å². The lowest BCUT2D eigenvalue weighted by molar-refractivity contribution is 0.579. The molecule has 0 N–H and O–H groups in total. The minimum absolute atomic E-state index is 0.457. The Kier molecular flexibility index (Phi) is 9.55. The molecule has 8 aromatic carbocycles. The summed E-state index contributed by atoms with van der Waals surface area (Å²) in [5, 5.41) is 8.71. The van der Waals surface area contributed by atoms with E-state index in [4.69, 9.17) is 0 Å². The standard InChI is InChI=1S/C48H40F4N4/c49-37-27-38(50)30-41(29-37)53-17-21-55(47-43-13-5-1-9-33(43)25-34-10-2-6-14-44(34)47)22-18-54(42-31-39(51)28-40(52)32-42)20-24-56(23-19-53)48-45-15-7-3-11-35(45)26-36-12-4-8-16-46(36)48/h1-16,25-32H,17-24H2. The van der Waals surface area contributed by atoms with E-state index in [1.807, 2.05) is 48.5 Å². The first-order chi connectivity index (χ1) is 27.4. The quantitative estimate of drug-likeness (QED) is 0.131. The van der Waals surface area contributed by atoms with Gasteiger partial charge in [-0.1, -0.05) is 97.1 Å². The molecule has 1 aliphatic heterocycles. The van der Waals surface area contributed by atoms with Gasteiger partial charge >= 0.3 is 0 Å². The Bertz CT molecular complexity index is 2370. The number of halogens is 4. The van der Waals surface area contributed by atoms with Gasteiger partial charge in [-0.05, 0) is 57.9 Å². The third-order valence-corrected chi connectivity index (χ3v) is 11.1. The van der Waals surface area contributed by atoms with Crippen LogP contribution in [0.25, 0.3) is 43.1 Å². The van der Waals surface area contributed by atoms with E-state index >= 15 is 0 Å². The summed E-state index contributed by atoms with van der Waals surface area (Å²) < 4.78 is 59.7. The van der Waals surface area contributed by atoms with Crippen LogP contribution in [0.5, 0.6) is 0 Å². The second-order valence-electron chi connectivity index (χ2n) is 14.5. The van der Waals surface area contributed by atoms with Crippen molar-refractivity contribution in [3.8, 4) is 0 Å². The number of fused-ring (bicyclic) bond motifs is 4. The van der Waals surface area contributed by atoms with Crippen LogP contribution in [0.1, 0.15) is 0 Å². The Balaban J connectivity index is 1.19. The van der Waals surface area contributed by atoms with Crippen molar-refractivity contribution >= 4 is 65.8 Å². The third kappa shape index (κ3) is 7.03. The minimum atomic E-state index is -0.627. The fourth-order valence-electron chi connectivity index (χ4n) is 8.48. The Morgan fingerprint density at radius 2 is 0.536 bits per heavy atom. The molecule has 0 unspecified atom stereocenters. The molecule has 0 aliphatic carbocycles. The van der Waals surface area contributed by atoms with Gasteiger partial charge in [0.25, 0.3) is 0 Å². The molecule has 0 bridgehead atoms. The van der Waals surface area contributed by atoms with E-state index < -0.39 is 23.3 Å². The van der Waals surface area contributed by atoms with Gasteiger partial charge in [0.2, 0.25) is 0 Å². The lowest BCUT2D eigenvalue weighted by Crippen LogP contribution is -2.46. The molecule has 1 saturated heterocycles. The summed E-state index contributed by atoms with van der Waals surface area (Å²) in [7, 11) is 0. The van der Waals surface area contributed by atoms with Crippen LogP contribution in [0, 0.1) is 23.3 Å². The zero-order valence-electron chi connectivity index (χ0n) is 30.8. The van der Waals surface area contributed by atoms with Crippen LogP contribution in [-0.2, 0) is 0 Å². The average Bonchev–Trinajstić information content (AvgIpc) is 3.19. The number of benzene rings is 8. The van der Waals surface area contributed by atoms with Gasteiger partial charge in [-0.2, -0.15) is 0 Å². The van der Waals surface area contributed by atoms with Gasteiger partial charge in [0.15, 0.2) is 0 Å². The molecule has 8 heteroatoms. The topological polar surface area (TPSA) is 13.0 Å². The molecule has 0 aromatic heterocycles. The smallest absolute Gasteiger partial charge is 0.128 e. The number of nitrogens with zero attached hydrogens (tertiary/aromatic N) is 4. The summed E-state index contributed by atoms with van der Waals surface area (Å²) >= 11 is 0. The second kappa shape index (κ2) is 15.1. The van der Waals surface area contributed by atoms with Crippen LogP contribution >= 0.6 is 0 Å². The fourth-order valence-corrected chi connectivity index (χ4v) is 8.48. The first-order valence-corrected chi connectivity index (χ1v) is 19.1. The van der Waals surface area contributed by atoms with Gasteiger partial charge in [-0.25, -0.2) is 17.6 Å². The number of hydrogen-bond donors (Lipinski definition) is 0. The first-order valence-electron chi connectivity index (χ1n) is 19.1. The predicted octanol–water partition coefficient (Wildman–Crippen LogP) is 11.2. The summed E-state index contributed by atoms with van der Waals surface area (Å²) in [5.41, 5.74) is 3.05. The molecule has 0 saturated carbocycles. The minimum Gasteiger partial charge on any atom is -0.368 e. The highest BCUT2D eigenvalue weighted by Crippen LogP contribution is 2.38. The molecule has 1 fully saturated rings. The molecular weight excluding hydrogens is 709 g/mol. The maximum absolute atomic E-state index is 14.9. The summed E-state index contributed by atoms with van der Waals surface area (Å²) in [6.45, 7) is 3.88. The van der Waals surface area contributed by atoms with E-state index in [-0.39, 0.29) is 0 Å². The maximum atomic E-state index is 14.9. The van der Waals surface area contributed by atoms with Gasteiger partial charge in [0, 0.05) is 97.4 Å². The number of hydrogen-bond acceptors (Lipinski definition) is 4. The summed E-state index contributed by atoms with van der Waals surface area (Å²) in [4.78, 5) is 8.81. The SMILES string of the molecule is Fc1cc(F)cc(N2CCN(c3c4ccccc4cc4ccccc34)CCN(c3cc(F)cc(F)c3)CCN(c3c4ccccc4cc4ccccc34)CC2)c1. The van der Waals surface area contributed by atoms with Crippen LogP contribution in [-0.4, -0.2) is 52.4 Å². The van der Waals surface area contributed by atoms with Crippen molar-refractivity contribution < 1.29 is 17.6 Å². The van der Waals surface area contributed by atoms with E-state index in [2.05, 4.69) is 80.3 Å². The number of rotatable bonds is 4. The molecule has 280 valence electrons. The molecule has 0 atom stereocenters. The Hall–Kier alpha value is -6.28. The van der Waals surface area contributed by atoms with E-state index in [1.165, 1.54) is 24.3 Å². The average molecular weight is 749 g/mol. The van der Waals surface area contributed by atoms with Gasteiger partial charge in [-0.15, -0.1) is 0 Å². The van der Waals surface area contributed by atoms with Gasteiger partial charge < -0.3 is 19.6 Å². The Morgan fingerprint density at radius 1 is 0.286 bits per heavy atom. The Morgan fingerprint density at radius 3 is 0.821 bits per heavy atom. The summed E-state index contributed by atoms with van der Waals surface area (Å²) in [5.74, 6) is -2.51. The van der Waals surface area contributed by atoms with E-state index in [1.54, 1.807) is 0 Å². The maximum Gasteiger partial charge on any atom is 0.128 e. The predicted molar refractivity (Wildman–Crippen MR) is 224 cm³/mol. The molecule has 0 spiro atoms. The monoisotopic (exact) mass is 748 g/mol. The van der Waals surface area contributed by atoms with Crippen LogP contribution < -0.4 is 19.6 Å². The highest BCUT2D eigenvalue weighted by molar-refractivity contribution is 6.12. The van der Waals surface area contributed by atoms with Gasteiger partial charge in [-0.3, -0.25) is 0 Å². The first kappa shape index (κ1) is 35.4. The molecule has 4 nitrogen and oxygen atoms in total. The molecule has 56 heavy (non-hydrogen) atoms. The molecule has 0 amide bonds. The van der Waals surface area contributed by atoms with Gasteiger partial charge in [0.1, 0.15) is 23.3 Å². The van der Waals surface area contributed by atoms with Crippen molar-refractivity contribution in [3.05, 3.63) is 169 Å². The largest absolute Gasteiger partial charge is 0.368 e. The van der Waals surface area contributed by atoms with Crippen LogP contribution in [0.3, 0.4) is 0 Å². The van der Waals surface area contributed by atoms with Crippen LogP contribution in [0.15, 0.2) is 146 Å². The molecule has 1 aliphatic rings. The van der Waals surface area contributed by atoms with Crippen molar-refractivity contribution in [2.24, 2.45) is 0 Å². The van der Waals surface area contributed by atoms with Crippen molar-refractivity contribution in [3.63, 3.8) is 0 Å². The summed E-state index contributed by atoms with van der Waals surface area (Å²) in [6, 6.07) is 45.0. The highest BCUT2D eigenvalue weighted by atomic mass is 19.1. The molecule has 8 aromatic rings. The zero-order valence-corrected chi connectivity index (χ0v) is 30.8. The molecular formula is C48H40F4N4. The molecule has 0 radical (unpaired) electrons. The molecule has 9 rings (SSSR count). The zero-order chi connectivity index (χ0) is 38.2. The second-order valence-corrected chi connectivity index (χ2v) is 14.5. The molecule has 1 heterocycles. The lowest BCUT2D eigenvalue weighted by atomic mass is 9.99.